The molecular weight excluding hydrogens is 384 g/mol. The lowest BCUT2D eigenvalue weighted by molar-refractivity contribution is 0.0140. The average Bonchev–Trinajstić information content (AvgIpc) is 3.07. The topological polar surface area (TPSA) is 49.7 Å². The van der Waals surface area contributed by atoms with Crippen LogP contribution in [0.25, 0.3) is 0 Å². The zero-order chi connectivity index (χ0) is 22.8. The number of allylic oxidation sites excluding steroid dienone is 5. The molecule has 3 aliphatic carbocycles. The predicted octanol–water partition coefficient (Wildman–Crippen LogP) is 6.42. The van der Waals surface area contributed by atoms with Crippen molar-refractivity contribution >= 4 is 0 Å². The van der Waals surface area contributed by atoms with Gasteiger partial charge in [-0.15, -0.1) is 0 Å². The Morgan fingerprint density at radius 1 is 1.19 bits per heavy atom. The van der Waals surface area contributed by atoms with Crippen molar-refractivity contribution in [1.82, 2.24) is 0 Å². The molecule has 0 aromatic heterocycles. The minimum atomic E-state index is -0.614. The first-order valence-corrected chi connectivity index (χ1v) is 12.2. The van der Waals surface area contributed by atoms with Crippen LogP contribution in [0.3, 0.4) is 0 Å². The van der Waals surface area contributed by atoms with Crippen molar-refractivity contribution in [2.75, 3.05) is 7.11 Å². The highest BCUT2D eigenvalue weighted by atomic mass is 16.5. The van der Waals surface area contributed by atoms with E-state index in [2.05, 4.69) is 46.4 Å². The van der Waals surface area contributed by atoms with Crippen LogP contribution in [0.15, 0.2) is 46.6 Å². The minimum Gasteiger partial charge on any atom is -0.388 e. The van der Waals surface area contributed by atoms with Gasteiger partial charge in [0.1, 0.15) is 0 Å². The van der Waals surface area contributed by atoms with Crippen LogP contribution in [0.2, 0.25) is 0 Å². The van der Waals surface area contributed by atoms with E-state index in [0.717, 1.165) is 12.0 Å². The predicted molar refractivity (Wildman–Crippen MR) is 129 cm³/mol. The summed E-state index contributed by atoms with van der Waals surface area (Å²) in [7, 11) is 1.81. The molecule has 4 atom stereocenters. The van der Waals surface area contributed by atoms with Gasteiger partial charge < -0.3 is 14.9 Å². The number of fused-ring (bicyclic) bond motifs is 1. The molecule has 174 valence electrons. The maximum Gasteiger partial charge on any atom is 0.0809 e. The lowest BCUT2D eigenvalue weighted by Crippen LogP contribution is -2.30. The Kier molecular flexibility index (Phi) is 7.71. The quantitative estimate of drug-likeness (QED) is 0.480. The monoisotopic (exact) mass is 428 g/mol. The van der Waals surface area contributed by atoms with Crippen molar-refractivity contribution in [3.63, 3.8) is 0 Å². The van der Waals surface area contributed by atoms with Crippen LogP contribution in [0, 0.1) is 11.3 Å². The zero-order valence-corrected chi connectivity index (χ0v) is 20.5. The minimum absolute atomic E-state index is 0.0338. The number of hydrogen-bond acceptors (Lipinski definition) is 3. The summed E-state index contributed by atoms with van der Waals surface area (Å²) in [6.07, 6.45) is 14.1. The van der Waals surface area contributed by atoms with Crippen molar-refractivity contribution in [3.8, 4) is 0 Å². The van der Waals surface area contributed by atoms with Gasteiger partial charge >= 0.3 is 0 Å². The smallest absolute Gasteiger partial charge is 0.0809 e. The number of rotatable bonds is 6. The van der Waals surface area contributed by atoms with E-state index in [4.69, 9.17) is 4.74 Å². The molecule has 3 rings (SSSR count). The summed E-state index contributed by atoms with van der Waals surface area (Å²) in [5, 5.41) is 20.3. The van der Waals surface area contributed by atoms with Crippen LogP contribution in [-0.4, -0.2) is 35.1 Å². The Bertz CT molecular complexity index is 753. The first kappa shape index (κ1) is 24.5. The van der Waals surface area contributed by atoms with Gasteiger partial charge in [-0.25, -0.2) is 0 Å². The van der Waals surface area contributed by atoms with E-state index < -0.39 is 12.2 Å². The normalized spacial score (nSPS) is 34.8. The van der Waals surface area contributed by atoms with Gasteiger partial charge in [0.25, 0.3) is 0 Å². The van der Waals surface area contributed by atoms with Crippen LogP contribution in [0.5, 0.6) is 0 Å². The Labute approximate surface area is 190 Å². The molecule has 3 heteroatoms. The van der Waals surface area contributed by atoms with E-state index in [-0.39, 0.29) is 5.60 Å². The van der Waals surface area contributed by atoms with Crippen molar-refractivity contribution in [1.29, 1.82) is 0 Å². The highest BCUT2D eigenvalue weighted by molar-refractivity contribution is 5.35. The fourth-order valence-corrected chi connectivity index (χ4v) is 6.21. The van der Waals surface area contributed by atoms with E-state index in [1.807, 2.05) is 7.11 Å². The third-order valence-corrected chi connectivity index (χ3v) is 8.45. The molecule has 0 amide bonds. The van der Waals surface area contributed by atoms with E-state index in [1.54, 1.807) is 16.7 Å². The average molecular weight is 429 g/mol. The highest BCUT2D eigenvalue weighted by Crippen LogP contribution is 2.58. The van der Waals surface area contributed by atoms with Crippen LogP contribution in [-0.2, 0) is 4.74 Å². The summed E-state index contributed by atoms with van der Waals surface area (Å²) in [5.74, 6) is 0.631. The van der Waals surface area contributed by atoms with Gasteiger partial charge in [-0.3, -0.25) is 0 Å². The molecule has 3 nitrogen and oxygen atoms in total. The lowest BCUT2D eigenvalue weighted by atomic mass is 9.64. The van der Waals surface area contributed by atoms with Gasteiger partial charge in [0.05, 0.1) is 17.8 Å². The molecule has 0 aliphatic heterocycles. The van der Waals surface area contributed by atoms with Gasteiger partial charge in [0.15, 0.2) is 0 Å². The lowest BCUT2D eigenvalue weighted by Gasteiger charge is -2.40. The third kappa shape index (κ3) is 5.43. The van der Waals surface area contributed by atoms with Crippen molar-refractivity contribution in [3.05, 3.63) is 46.6 Å². The van der Waals surface area contributed by atoms with Gasteiger partial charge in [-0.1, -0.05) is 47.9 Å². The molecule has 0 aromatic rings. The Morgan fingerprint density at radius 3 is 2.52 bits per heavy atom. The standard InChI is InChI=1S/C28H44O3/c1-19(9-7-15-27(3,4)31-6)23-13-14-24-22(10-8-16-28(23,24)5)12-11-21-17-25(29)20(2)26(30)18-21/h11-12,24-26,29-30H,2,7-10,13-18H2,1,3-6H3/b22-12+,23-19+/t24?,25-,26-,28-/m1/s1. The Morgan fingerprint density at radius 2 is 1.87 bits per heavy atom. The fourth-order valence-electron chi connectivity index (χ4n) is 6.21. The fraction of sp³-hybridized carbons (Fsp3) is 0.714. The first-order valence-electron chi connectivity index (χ1n) is 12.2. The highest BCUT2D eigenvalue weighted by Gasteiger charge is 2.46. The van der Waals surface area contributed by atoms with E-state index in [0.29, 0.717) is 29.7 Å². The number of methoxy groups -OCH3 is 1. The molecule has 31 heavy (non-hydrogen) atoms. The molecule has 3 fully saturated rings. The molecule has 0 heterocycles. The summed E-state index contributed by atoms with van der Waals surface area (Å²) in [6, 6.07) is 0. The molecule has 2 N–H and O–H groups in total. The zero-order valence-electron chi connectivity index (χ0n) is 20.5. The number of aliphatic hydroxyl groups excluding tert-OH is 2. The molecule has 0 radical (unpaired) electrons. The molecular formula is C28H44O3. The maximum atomic E-state index is 10.1. The molecule has 1 unspecified atom stereocenters. The maximum absolute atomic E-state index is 10.1. The SMILES string of the molecule is C=C1[C@H](O)CC(=C/C=C2\CCC[C@]3(C)/C(=C(\C)CCCC(C)(C)OC)CCC23)C[C@H]1O. The molecule has 3 aliphatic rings. The van der Waals surface area contributed by atoms with Crippen LogP contribution >= 0.6 is 0 Å². The third-order valence-electron chi connectivity index (χ3n) is 8.45. The number of aliphatic hydroxyl groups is 2. The summed E-state index contributed by atoms with van der Waals surface area (Å²) in [5.41, 5.74) is 6.84. The Hall–Kier alpha value is -1.16. The van der Waals surface area contributed by atoms with Crippen LogP contribution in [0.1, 0.15) is 91.9 Å². The van der Waals surface area contributed by atoms with E-state index in [9.17, 15) is 10.2 Å². The van der Waals surface area contributed by atoms with Gasteiger partial charge in [-0.2, -0.15) is 0 Å². The van der Waals surface area contributed by atoms with E-state index in [1.165, 1.54) is 44.9 Å². The number of ether oxygens (including phenoxy) is 1. The molecule has 0 spiro atoms. The largest absolute Gasteiger partial charge is 0.388 e. The van der Waals surface area contributed by atoms with Crippen LogP contribution < -0.4 is 0 Å². The second-order valence-electron chi connectivity index (χ2n) is 11.0. The summed E-state index contributed by atoms with van der Waals surface area (Å²) in [4.78, 5) is 0. The number of hydrogen-bond donors (Lipinski definition) is 2. The van der Waals surface area contributed by atoms with Gasteiger partial charge in [-0.05, 0) is 102 Å². The second-order valence-corrected chi connectivity index (χ2v) is 11.0. The Balaban J connectivity index is 1.72. The van der Waals surface area contributed by atoms with Crippen LogP contribution in [0.4, 0.5) is 0 Å². The summed E-state index contributed by atoms with van der Waals surface area (Å²) >= 11 is 0. The summed E-state index contributed by atoms with van der Waals surface area (Å²) < 4.78 is 5.60. The summed E-state index contributed by atoms with van der Waals surface area (Å²) in [6.45, 7) is 13.0. The van der Waals surface area contributed by atoms with E-state index >= 15 is 0 Å². The van der Waals surface area contributed by atoms with Crippen molar-refractivity contribution in [2.24, 2.45) is 11.3 Å². The molecule has 0 saturated heterocycles. The molecule has 0 aromatic carbocycles. The van der Waals surface area contributed by atoms with Crippen molar-refractivity contribution in [2.45, 2.75) is 110 Å². The molecule has 3 saturated carbocycles. The van der Waals surface area contributed by atoms with Gasteiger partial charge in [0.2, 0.25) is 0 Å². The first-order chi connectivity index (χ1) is 14.6. The van der Waals surface area contributed by atoms with Crippen molar-refractivity contribution < 1.29 is 14.9 Å². The second kappa shape index (κ2) is 9.77. The van der Waals surface area contributed by atoms with Gasteiger partial charge in [0, 0.05) is 7.11 Å². The molecule has 0 bridgehead atoms.